The number of hydrogen-bond donors (Lipinski definition) is 0. The van der Waals surface area contributed by atoms with Crippen LogP contribution < -0.4 is 20.4 Å². The van der Waals surface area contributed by atoms with Crippen molar-refractivity contribution >= 4 is 13.2 Å². The molecule has 0 unspecified atom stereocenters. The lowest BCUT2D eigenvalue weighted by Crippen LogP contribution is -2.27. The molecule has 0 atom stereocenters. The molecule has 0 amide bonds. The highest BCUT2D eigenvalue weighted by molar-refractivity contribution is 7.67. The average molecular weight is 244 g/mol. The molecule has 0 bridgehead atoms. The van der Waals surface area contributed by atoms with E-state index < -0.39 is 19.4 Å². The Bertz CT molecular complexity index is 349. The molecule has 0 fully saturated rings. The molecule has 1 rings (SSSR count). The number of benzene rings is 1. The Morgan fingerprint density at radius 1 is 1.06 bits per heavy atom. The SMILES string of the molecule is CCO[P+]([O-])(OCC)c1ccc([O-])c([O-])c1. The van der Waals surface area contributed by atoms with Gasteiger partial charge in [-0.05, 0) is 26.0 Å². The van der Waals surface area contributed by atoms with Crippen LogP contribution in [0.25, 0.3) is 0 Å². The summed E-state index contributed by atoms with van der Waals surface area (Å²) >= 11 is 0. The molecule has 0 aromatic heterocycles. The molecular formula is C10H13O5P-2. The van der Waals surface area contributed by atoms with Gasteiger partial charge in [0, 0.05) is 0 Å². The minimum absolute atomic E-state index is 0.126. The van der Waals surface area contributed by atoms with E-state index in [1.807, 2.05) is 0 Å². The molecular weight excluding hydrogens is 231 g/mol. The zero-order valence-electron chi connectivity index (χ0n) is 9.13. The first-order valence-electron chi connectivity index (χ1n) is 4.91. The maximum Gasteiger partial charge on any atom is 0.271 e. The smallest absolute Gasteiger partial charge is 0.271 e. The van der Waals surface area contributed by atoms with Gasteiger partial charge in [0.2, 0.25) is 0 Å². The van der Waals surface area contributed by atoms with Gasteiger partial charge in [-0.25, -0.2) is 9.05 Å². The van der Waals surface area contributed by atoms with E-state index >= 15 is 0 Å². The van der Waals surface area contributed by atoms with Crippen LogP contribution in [0.15, 0.2) is 18.2 Å². The van der Waals surface area contributed by atoms with Crippen molar-refractivity contribution in [3.05, 3.63) is 18.2 Å². The van der Waals surface area contributed by atoms with E-state index in [0.717, 1.165) is 12.1 Å². The molecule has 5 nitrogen and oxygen atoms in total. The quantitative estimate of drug-likeness (QED) is 0.661. The largest absolute Gasteiger partial charge is 0.873 e. The van der Waals surface area contributed by atoms with Crippen molar-refractivity contribution in [3.8, 4) is 11.5 Å². The summed E-state index contributed by atoms with van der Waals surface area (Å²) in [6, 6.07) is 3.38. The lowest BCUT2D eigenvalue weighted by Gasteiger charge is -2.28. The average Bonchev–Trinajstić information content (AvgIpc) is 2.22. The highest BCUT2D eigenvalue weighted by Crippen LogP contribution is 2.51. The van der Waals surface area contributed by atoms with Gasteiger partial charge in [0.15, 0.2) is 0 Å². The fourth-order valence-electron chi connectivity index (χ4n) is 1.19. The summed E-state index contributed by atoms with van der Waals surface area (Å²) in [4.78, 5) is 12.2. The molecule has 16 heavy (non-hydrogen) atoms. The van der Waals surface area contributed by atoms with Gasteiger partial charge in [0.25, 0.3) is 7.94 Å². The third kappa shape index (κ3) is 2.83. The Labute approximate surface area is 94.8 Å². The molecule has 0 N–H and O–H groups in total. The monoisotopic (exact) mass is 244 g/mol. The van der Waals surface area contributed by atoms with Crippen LogP contribution in [0.4, 0.5) is 0 Å². The molecule has 1 aromatic rings. The van der Waals surface area contributed by atoms with E-state index in [4.69, 9.17) is 9.05 Å². The Morgan fingerprint density at radius 2 is 1.62 bits per heavy atom. The van der Waals surface area contributed by atoms with E-state index in [0.29, 0.717) is 0 Å². The van der Waals surface area contributed by atoms with Gasteiger partial charge < -0.3 is 15.1 Å². The van der Waals surface area contributed by atoms with Gasteiger partial charge in [-0.3, -0.25) is 0 Å². The van der Waals surface area contributed by atoms with Gasteiger partial charge in [-0.1, -0.05) is 6.07 Å². The fraction of sp³-hybridized carbons (Fsp3) is 0.400. The lowest BCUT2D eigenvalue weighted by atomic mass is 10.3. The molecule has 0 aliphatic heterocycles. The van der Waals surface area contributed by atoms with Crippen LogP contribution in [0, 0.1) is 0 Å². The van der Waals surface area contributed by atoms with E-state index in [1.54, 1.807) is 13.8 Å². The van der Waals surface area contributed by atoms with Crippen molar-refractivity contribution in [2.45, 2.75) is 13.8 Å². The summed E-state index contributed by atoms with van der Waals surface area (Å²) in [5.74, 6) is -1.35. The lowest BCUT2D eigenvalue weighted by molar-refractivity contribution is -0.317. The molecule has 0 heterocycles. The minimum Gasteiger partial charge on any atom is -0.873 e. The first kappa shape index (κ1) is 13.2. The second-order valence-electron chi connectivity index (χ2n) is 2.96. The van der Waals surface area contributed by atoms with E-state index in [1.165, 1.54) is 6.07 Å². The number of hydrogen-bond acceptors (Lipinski definition) is 5. The van der Waals surface area contributed by atoms with Crippen LogP contribution in [0.3, 0.4) is 0 Å². The van der Waals surface area contributed by atoms with Crippen molar-refractivity contribution in [1.82, 2.24) is 0 Å². The molecule has 0 saturated heterocycles. The highest BCUT2D eigenvalue weighted by Gasteiger charge is 2.32. The van der Waals surface area contributed by atoms with Gasteiger partial charge in [-0.15, -0.1) is 11.5 Å². The Morgan fingerprint density at radius 3 is 2.06 bits per heavy atom. The Kier molecular flexibility index (Phi) is 4.50. The summed E-state index contributed by atoms with van der Waals surface area (Å²) in [5.41, 5.74) is 0. The summed E-state index contributed by atoms with van der Waals surface area (Å²) in [6.07, 6.45) is 0. The van der Waals surface area contributed by atoms with Crippen LogP contribution in [-0.2, 0) is 9.05 Å². The van der Waals surface area contributed by atoms with Crippen molar-refractivity contribution in [3.63, 3.8) is 0 Å². The fourth-order valence-corrected chi connectivity index (χ4v) is 2.78. The topological polar surface area (TPSA) is 87.6 Å². The maximum atomic E-state index is 12.2. The van der Waals surface area contributed by atoms with Crippen molar-refractivity contribution in [1.29, 1.82) is 0 Å². The second-order valence-corrected chi connectivity index (χ2v) is 4.99. The van der Waals surface area contributed by atoms with Crippen molar-refractivity contribution in [2.75, 3.05) is 13.2 Å². The summed E-state index contributed by atoms with van der Waals surface area (Å²) in [6.45, 7) is 3.74. The third-order valence-electron chi connectivity index (χ3n) is 1.84. The first-order valence-corrected chi connectivity index (χ1v) is 6.45. The standard InChI is InChI=1S/C10H15O5P/c1-3-14-16(13,15-4-2)8-5-6-9(11)10(12)7-8/h5-7,11-12H,3-4H2,1-2H3/p-2. The predicted octanol–water partition coefficient (Wildman–Crippen LogP) is -0.345. The van der Waals surface area contributed by atoms with Crippen LogP contribution >= 0.6 is 7.94 Å². The first-order chi connectivity index (χ1) is 7.53. The Balaban J connectivity index is 3.05. The van der Waals surface area contributed by atoms with Gasteiger partial charge >= 0.3 is 0 Å². The number of rotatable bonds is 5. The summed E-state index contributed by atoms with van der Waals surface area (Å²) in [5, 5.41) is 22.2. The molecule has 90 valence electrons. The van der Waals surface area contributed by atoms with Crippen LogP contribution in [0.5, 0.6) is 11.5 Å². The van der Waals surface area contributed by atoms with Crippen LogP contribution in [0.1, 0.15) is 13.8 Å². The van der Waals surface area contributed by atoms with Gasteiger partial charge in [-0.2, -0.15) is 0 Å². The molecule has 0 saturated carbocycles. The van der Waals surface area contributed by atoms with Gasteiger partial charge in [0.1, 0.15) is 5.30 Å². The van der Waals surface area contributed by atoms with Crippen molar-refractivity contribution in [2.24, 2.45) is 0 Å². The molecule has 0 aliphatic rings. The normalized spacial score (nSPS) is 11.7. The molecule has 0 aliphatic carbocycles. The molecule has 0 radical (unpaired) electrons. The minimum atomic E-state index is -3.46. The zero-order valence-corrected chi connectivity index (χ0v) is 10.0. The van der Waals surface area contributed by atoms with E-state index in [2.05, 4.69) is 0 Å². The molecule has 6 heteroatoms. The zero-order chi connectivity index (χ0) is 12.2. The maximum absolute atomic E-state index is 12.2. The summed E-state index contributed by atoms with van der Waals surface area (Å²) in [7, 11) is -3.46. The van der Waals surface area contributed by atoms with E-state index in [9.17, 15) is 15.1 Å². The Hall–Kier alpha value is -0.870. The third-order valence-corrected chi connectivity index (χ3v) is 3.95. The van der Waals surface area contributed by atoms with Gasteiger partial charge in [0.05, 0.1) is 13.2 Å². The summed E-state index contributed by atoms with van der Waals surface area (Å²) < 4.78 is 10.1. The van der Waals surface area contributed by atoms with Crippen LogP contribution in [0.2, 0.25) is 0 Å². The molecule has 0 spiro atoms. The predicted molar refractivity (Wildman–Crippen MR) is 55.1 cm³/mol. The van der Waals surface area contributed by atoms with E-state index in [-0.39, 0.29) is 18.5 Å². The highest BCUT2D eigenvalue weighted by atomic mass is 31.2. The van der Waals surface area contributed by atoms with Crippen molar-refractivity contribution < 1.29 is 24.2 Å². The molecule has 1 aromatic carbocycles. The second kappa shape index (κ2) is 5.46. The van der Waals surface area contributed by atoms with Crippen LogP contribution in [-0.4, -0.2) is 13.2 Å².